The summed E-state index contributed by atoms with van der Waals surface area (Å²) in [5, 5.41) is 23.1. The summed E-state index contributed by atoms with van der Waals surface area (Å²) in [7, 11) is 0. The lowest BCUT2D eigenvalue weighted by atomic mass is 10.0. The van der Waals surface area contributed by atoms with Gasteiger partial charge in [-0.15, -0.1) is 0 Å². The fourth-order valence-electron chi connectivity index (χ4n) is 8.20. The van der Waals surface area contributed by atoms with Crippen molar-refractivity contribution in [3.8, 4) is 0 Å². The van der Waals surface area contributed by atoms with E-state index in [0.717, 1.165) is 70.6 Å². The topological polar surface area (TPSA) is 95.9 Å². The van der Waals surface area contributed by atoms with E-state index in [1.165, 1.54) is 186 Å². The van der Waals surface area contributed by atoms with Gasteiger partial charge in [0.2, 0.25) is 5.91 Å². The molecule has 0 saturated heterocycles. The fraction of sp³-hybridized carbons (Fsp3) is 0.857. The molecule has 2 unspecified atom stereocenters. The third-order valence-electron chi connectivity index (χ3n) is 12.4. The zero-order valence-corrected chi connectivity index (χ0v) is 41.4. The van der Waals surface area contributed by atoms with Crippen LogP contribution in [0.2, 0.25) is 0 Å². The summed E-state index contributed by atoms with van der Waals surface area (Å²) >= 11 is 0. The molecule has 0 radical (unpaired) electrons. The lowest BCUT2D eigenvalue weighted by Crippen LogP contribution is -2.45. The highest BCUT2D eigenvalue weighted by molar-refractivity contribution is 5.76. The van der Waals surface area contributed by atoms with Crippen LogP contribution in [-0.2, 0) is 14.3 Å². The number of allylic oxidation sites excluding steroid dienone is 5. The van der Waals surface area contributed by atoms with Gasteiger partial charge in [0.05, 0.1) is 25.4 Å². The molecule has 364 valence electrons. The van der Waals surface area contributed by atoms with Crippen molar-refractivity contribution in [3.63, 3.8) is 0 Å². The highest BCUT2D eigenvalue weighted by Gasteiger charge is 2.18. The molecular weight excluding hydrogens is 767 g/mol. The molecule has 0 aliphatic carbocycles. The molecule has 0 heterocycles. The Balaban J connectivity index is 3.53. The Morgan fingerprint density at radius 3 is 1.29 bits per heavy atom. The predicted molar refractivity (Wildman–Crippen MR) is 269 cm³/mol. The maximum atomic E-state index is 12.5. The number of carbonyl (C=O) groups excluding carboxylic acids is 2. The van der Waals surface area contributed by atoms with E-state index in [0.29, 0.717) is 19.4 Å². The van der Waals surface area contributed by atoms with Crippen molar-refractivity contribution in [2.24, 2.45) is 0 Å². The molecule has 0 aliphatic rings. The zero-order valence-electron chi connectivity index (χ0n) is 41.4. The van der Waals surface area contributed by atoms with Gasteiger partial charge in [-0.2, -0.15) is 0 Å². The Hall–Kier alpha value is -1.92. The SMILES string of the molecule is CCC/C=C\C/C=C\CCCCCCCC(=O)OCCCCCCCCCCCC(=O)NC(CO)C(O)/C=C/CCCCCCCCCCCCCCCCCCCCCCC. The van der Waals surface area contributed by atoms with Gasteiger partial charge in [0.15, 0.2) is 0 Å². The van der Waals surface area contributed by atoms with Crippen molar-refractivity contribution < 1.29 is 24.5 Å². The van der Waals surface area contributed by atoms with Crippen molar-refractivity contribution in [3.05, 3.63) is 36.5 Å². The lowest BCUT2D eigenvalue weighted by molar-refractivity contribution is -0.143. The van der Waals surface area contributed by atoms with Gasteiger partial charge in [-0.1, -0.05) is 249 Å². The highest BCUT2D eigenvalue weighted by Crippen LogP contribution is 2.16. The normalized spacial score (nSPS) is 12.9. The first-order chi connectivity index (χ1) is 30.5. The van der Waals surface area contributed by atoms with Crippen LogP contribution in [-0.4, -0.2) is 47.4 Å². The number of carbonyl (C=O) groups is 2. The number of aliphatic hydroxyl groups is 2. The first-order valence-electron chi connectivity index (χ1n) is 27.3. The largest absolute Gasteiger partial charge is 0.466 e. The maximum absolute atomic E-state index is 12.5. The molecule has 0 saturated carbocycles. The number of ether oxygens (including phenoxy) is 1. The van der Waals surface area contributed by atoms with E-state index in [1.807, 2.05) is 6.08 Å². The van der Waals surface area contributed by atoms with Gasteiger partial charge in [0, 0.05) is 12.8 Å². The van der Waals surface area contributed by atoms with E-state index in [9.17, 15) is 19.8 Å². The lowest BCUT2D eigenvalue weighted by Gasteiger charge is -2.20. The van der Waals surface area contributed by atoms with E-state index >= 15 is 0 Å². The molecule has 3 N–H and O–H groups in total. The molecular formula is C56H105NO5. The van der Waals surface area contributed by atoms with Crippen LogP contribution >= 0.6 is 0 Å². The molecule has 0 aromatic carbocycles. The van der Waals surface area contributed by atoms with Gasteiger partial charge in [-0.25, -0.2) is 0 Å². The van der Waals surface area contributed by atoms with Gasteiger partial charge < -0.3 is 20.3 Å². The van der Waals surface area contributed by atoms with Gasteiger partial charge in [-0.3, -0.25) is 9.59 Å². The smallest absolute Gasteiger partial charge is 0.305 e. The summed E-state index contributed by atoms with van der Waals surface area (Å²) in [4.78, 5) is 24.5. The van der Waals surface area contributed by atoms with E-state index in [2.05, 4.69) is 43.5 Å². The molecule has 2 atom stereocenters. The van der Waals surface area contributed by atoms with E-state index < -0.39 is 12.1 Å². The highest BCUT2D eigenvalue weighted by atomic mass is 16.5. The molecule has 1 amide bonds. The third-order valence-corrected chi connectivity index (χ3v) is 12.4. The van der Waals surface area contributed by atoms with Gasteiger partial charge in [0.25, 0.3) is 0 Å². The molecule has 0 aromatic heterocycles. The Kier molecular flexibility index (Phi) is 50.1. The van der Waals surface area contributed by atoms with E-state index in [-0.39, 0.29) is 18.5 Å². The summed E-state index contributed by atoms with van der Waals surface area (Å²) in [6.07, 6.45) is 63.0. The van der Waals surface area contributed by atoms with Crippen molar-refractivity contribution in [1.29, 1.82) is 0 Å². The average Bonchev–Trinajstić information content (AvgIpc) is 3.27. The number of hydrogen-bond acceptors (Lipinski definition) is 5. The predicted octanol–water partition coefficient (Wildman–Crippen LogP) is 16.5. The van der Waals surface area contributed by atoms with Crippen LogP contribution in [0, 0.1) is 0 Å². The van der Waals surface area contributed by atoms with Crippen LogP contribution in [0.5, 0.6) is 0 Å². The van der Waals surface area contributed by atoms with Crippen LogP contribution in [0.15, 0.2) is 36.5 Å². The van der Waals surface area contributed by atoms with E-state index in [4.69, 9.17) is 4.74 Å². The van der Waals surface area contributed by atoms with Crippen LogP contribution < -0.4 is 5.32 Å². The Bertz CT molecular complexity index is 1010. The fourth-order valence-corrected chi connectivity index (χ4v) is 8.20. The maximum Gasteiger partial charge on any atom is 0.305 e. The third kappa shape index (κ3) is 47.6. The average molecular weight is 872 g/mol. The van der Waals surface area contributed by atoms with Gasteiger partial charge in [0.1, 0.15) is 0 Å². The molecule has 0 spiro atoms. The molecule has 6 nitrogen and oxygen atoms in total. The Morgan fingerprint density at radius 2 is 0.839 bits per heavy atom. The summed E-state index contributed by atoms with van der Waals surface area (Å²) in [6.45, 7) is 4.77. The summed E-state index contributed by atoms with van der Waals surface area (Å²) in [5.74, 6) is -0.138. The Labute approximate surface area is 385 Å². The number of aliphatic hydroxyl groups excluding tert-OH is 2. The monoisotopic (exact) mass is 872 g/mol. The molecule has 0 bridgehead atoms. The number of rotatable bonds is 50. The zero-order chi connectivity index (χ0) is 45.1. The molecule has 62 heavy (non-hydrogen) atoms. The quantitative estimate of drug-likeness (QED) is 0.0321. The van der Waals surface area contributed by atoms with Crippen molar-refractivity contribution in [2.75, 3.05) is 13.2 Å². The number of esters is 1. The second-order valence-corrected chi connectivity index (χ2v) is 18.6. The number of amides is 1. The minimum Gasteiger partial charge on any atom is -0.466 e. The minimum absolute atomic E-state index is 0.0424. The molecule has 6 heteroatoms. The summed E-state index contributed by atoms with van der Waals surface area (Å²) < 4.78 is 5.43. The first kappa shape index (κ1) is 60.1. The van der Waals surface area contributed by atoms with Crippen LogP contribution in [0.1, 0.15) is 284 Å². The van der Waals surface area contributed by atoms with Crippen molar-refractivity contribution in [1.82, 2.24) is 5.32 Å². The Morgan fingerprint density at radius 1 is 0.452 bits per heavy atom. The second kappa shape index (κ2) is 51.7. The number of nitrogens with one attached hydrogen (secondary N) is 1. The minimum atomic E-state index is -0.864. The summed E-state index contributed by atoms with van der Waals surface area (Å²) in [6, 6.07) is -0.650. The van der Waals surface area contributed by atoms with Gasteiger partial charge >= 0.3 is 5.97 Å². The first-order valence-corrected chi connectivity index (χ1v) is 27.3. The molecule has 0 fully saturated rings. The van der Waals surface area contributed by atoms with E-state index in [1.54, 1.807) is 6.08 Å². The molecule has 0 aromatic rings. The van der Waals surface area contributed by atoms with Crippen molar-refractivity contribution in [2.45, 2.75) is 296 Å². The second-order valence-electron chi connectivity index (χ2n) is 18.6. The molecule has 0 aliphatic heterocycles. The number of hydrogen-bond donors (Lipinski definition) is 3. The van der Waals surface area contributed by atoms with Gasteiger partial charge in [-0.05, 0) is 57.8 Å². The van der Waals surface area contributed by atoms with Crippen LogP contribution in [0.3, 0.4) is 0 Å². The van der Waals surface area contributed by atoms with Crippen LogP contribution in [0.25, 0.3) is 0 Å². The standard InChI is InChI=1S/C56H105NO5/c1-3-5-7-9-11-13-15-17-18-19-20-21-22-23-24-25-26-28-29-32-36-40-44-48-54(59)53(52-58)57-55(60)49-45-41-37-33-31-35-39-43-47-51-62-56(61)50-46-42-38-34-30-27-16-14-12-10-8-6-4-2/h8,10,14,16,44,48,53-54,58-59H,3-7,9,11-13,15,17-43,45-47,49-52H2,1-2H3,(H,57,60)/b10-8-,16-14-,48-44+. The molecule has 0 rings (SSSR count). The summed E-state index contributed by atoms with van der Waals surface area (Å²) in [5.41, 5.74) is 0. The number of unbranched alkanes of at least 4 members (excludes halogenated alkanes) is 35. The van der Waals surface area contributed by atoms with Crippen molar-refractivity contribution >= 4 is 11.9 Å². The van der Waals surface area contributed by atoms with Crippen LogP contribution in [0.4, 0.5) is 0 Å².